The third-order valence-corrected chi connectivity index (χ3v) is 5.65. The van der Waals surface area contributed by atoms with Crippen LogP contribution in [-0.2, 0) is 0 Å². The number of benzene rings is 3. The molecule has 27 heavy (non-hydrogen) atoms. The summed E-state index contributed by atoms with van der Waals surface area (Å²) in [4.78, 5) is 2.34. The van der Waals surface area contributed by atoms with Crippen molar-refractivity contribution in [3.63, 3.8) is 0 Å². The molecule has 2 unspecified atom stereocenters. The van der Waals surface area contributed by atoms with Crippen molar-refractivity contribution in [2.24, 2.45) is 0 Å². The summed E-state index contributed by atoms with van der Waals surface area (Å²) in [5.41, 5.74) is 3.15. The van der Waals surface area contributed by atoms with Gasteiger partial charge in [0, 0.05) is 12.6 Å². The molecule has 3 aromatic carbocycles. The van der Waals surface area contributed by atoms with Crippen LogP contribution in [-0.4, -0.2) is 27.7 Å². The molecule has 0 amide bonds. The van der Waals surface area contributed by atoms with Crippen LogP contribution in [0.5, 0.6) is 5.75 Å². The van der Waals surface area contributed by atoms with Gasteiger partial charge < -0.3 is 10.2 Å². The molecule has 0 aliphatic carbocycles. The Bertz CT molecular complexity index is 861. The Kier molecular flexibility index (Phi) is 5.17. The third kappa shape index (κ3) is 3.59. The lowest BCUT2D eigenvalue weighted by molar-refractivity contribution is -0.0343. The Morgan fingerprint density at radius 2 is 1.44 bits per heavy atom. The Labute approximate surface area is 164 Å². The van der Waals surface area contributed by atoms with Crippen LogP contribution in [0.3, 0.4) is 0 Å². The van der Waals surface area contributed by atoms with Gasteiger partial charge in [0.2, 0.25) is 0 Å². The lowest BCUT2D eigenvalue weighted by Crippen LogP contribution is -2.52. The Balaban J connectivity index is 1.65. The quantitative estimate of drug-likeness (QED) is 0.659. The zero-order valence-electron chi connectivity index (χ0n) is 14.9. The standard InChI is InChI=1S/C23H22ClNO2/c24-19-15-18(11-12-21(19)26)23(27)20-13-14-25(20)22(16-7-3-1-4-8-16)17-9-5-2-6-10-17/h1-12,15,20,22-23,26-27H,13-14H2. The van der Waals surface area contributed by atoms with E-state index in [4.69, 9.17) is 11.6 Å². The average Bonchev–Trinajstić information content (AvgIpc) is 2.68. The molecule has 1 aliphatic heterocycles. The number of phenolic OH excluding ortho intramolecular Hbond substituents is 1. The van der Waals surface area contributed by atoms with E-state index in [-0.39, 0.29) is 22.9 Å². The van der Waals surface area contributed by atoms with E-state index in [0.717, 1.165) is 18.5 Å². The normalized spacial score (nSPS) is 18.3. The highest BCUT2D eigenvalue weighted by molar-refractivity contribution is 6.32. The highest BCUT2D eigenvalue weighted by Gasteiger charge is 2.40. The van der Waals surface area contributed by atoms with E-state index in [1.165, 1.54) is 17.2 Å². The van der Waals surface area contributed by atoms with Gasteiger partial charge in [0.1, 0.15) is 5.75 Å². The molecule has 1 aliphatic rings. The summed E-state index contributed by atoms with van der Waals surface area (Å²) in [6.45, 7) is 0.919. The Morgan fingerprint density at radius 1 is 0.852 bits per heavy atom. The van der Waals surface area contributed by atoms with Crippen molar-refractivity contribution in [3.8, 4) is 5.75 Å². The number of nitrogens with zero attached hydrogens (tertiary/aromatic N) is 1. The Hall–Kier alpha value is -2.33. The van der Waals surface area contributed by atoms with Gasteiger partial charge in [-0.1, -0.05) is 78.3 Å². The predicted molar refractivity (Wildman–Crippen MR) is 108 cm³/mol. The minimum Gasteiger partial charge on any atom is -0.506 e. The molecule has 2 N–H and O–H groups in total. The fourth-order valence-corrected chi connectivity index (χ4v) is 4.05. The van der Waals surface area contributed by atoms with Crippen molar-refractivity contribution in [2.75, 3.05) is 6.54 Å². The minimum absolute atomic E-state index is 0.00368. The average molecular weight is 380 g/mol. The van der Waals surface area contributed by atoms with Crippen LogP contribution in [0.1, 0.15) is 35.3 Å². The van der Waals surface area contributed by atoms with Crippen LogP contribution in [0.25, 0.3) is 0 Å². The first-order valence-corrected chi connectivity index (χ1v) is 9.55. The van der Waals surface area contributed by atoms with Gasteiger partial charge in [-0.3, -0.25) is 4.90 Å². The Morgan fingerprint density at radius 3 is 1.93 bits per heavy atom. The van der Waals surface area contributed by atoms with Gasteiger partial charge in [0.25, 0.3) is 0 Å². The van der Waals surface area contributed by atoms with E-state index < -0.39 is 6.10 Å². The molecule has 1 fully saturated rings. The molecule has 0 spiro atoms. The molecular weight excluding hydrogens is 358 g/mol. The molecule has 3 nitrogen and oxygen atoms in total. The second kappa shape index (κ2) is 7.73. The summed E-state index contributed by atoms with van der Waals surface area (Å²) in [5.74, 6) is 0.0320. The van der Waals surface area contributed by atoms with E-state index >= 15 is 0 Å². The molecule has 4 rings (SSSR count). The van der Waals surface area contributed by atoms with Gasteiger partial charge in [0.15, 0.2) is 0 Å². The van der Waals surface area contributed by atoms with Crippen LogP contribution in [0.2, 0.25) is 5.02 Å². The van der Waals surface area contributed by atoms with Crippen LogP contribution in [0.15, 0.2) is 78.9 Å². The smallest absolute Gasteiger partial charge is 0.134 e. The van der Waals surface area contributed by atoms with Crippen molar-refractivity contribution in [2.45, 2.75) is 24.6 Å². The molecule has 138 valence electrons. The number of aromatic hydroxyl groups is 1. The van der Waals surface area contributed by atoms with Crippen molar-refractivity contribution >= 4 is 11.6 Å². The van der Waals surface area contributed by atoms with Gasteiger partial charge in [-0.05, 0) is 35.2 Å². The molecule has 0 bridgehead atoms. The maximum absolute atomic E-state index is 11.0. The molecule has 2 atom stereocenters. The first-order valence-electron chi connectivity index (χ1n) is 9.17. The van der Waals surface area contributed by atoms with E-state index in [1.807, 2.05) is 12.1 Å². The maximum Gasteiger partial charge on any atom is 0.134 e. The first-order chi connectivity index (χ1) is 13.1. The number of phenols is 1. The molecule has 0 saturated carbocycles. The fourth-order valence-electron chi connectivity index (χ4n) is 3.86. The highest BCUT2D eigenvalue weighted by atomic mass is 35.5. The molecular formula is C23H22ClNO2. The molecule has 4 heteroatoms. The summed E-state index contributed by atoms with van der Waals surface area (Å²) in [6.07, 6.45) is 0.252. The lowest BCUT2D eigenvalue weighted by atomic mass is 9.86. The van der Waals surface area contributed by atoms with Gasteiger partial charge in [-0.25, -0.2) is 0 Å². The second-order valence-corrected chi connectivity index (χ2v) is 7.38. The maximum atomic E-state index is 11.0. The third-order valence-electron chi connectivity index (χ3n) is 5.35. The number of hydrogen-bond donors (Lipinski definition) is 2. The second-order valence-electron chi connectivity index (χ2n) is 6.97. The van der Waals surface area contributed by atoms with E-state index in [9.17, 15) is 10.2 Å². The summed E-state index contributed by atoms with van der Waals surface area (Å²) >= 11 is 6.04. The van der Waals surface area contributed by atoms with Gasteiger partial charge in [-0.2, -0.15) is 0 Å². The molecule has 0 aromatic heterocycles. The summed E-state index contributed by atoms with van der Waals surface area (Å²) < 4.78 is 0. The summed E-state index contributed by atoms with van der Waals surface area (Å²) in [6, 6.07) is 25.8. The van der Waals surface area contributed by atoms with Crippen molar-refractivity contribution in [1.29, 1.82) is 0 Å². The van der Waals surface area contributed by atoms with Gasteiger partial charge in [0.05, 0.1) is 17.2 Å². The van der Waals surface area contributed by atoms with E-state index in [0.29, 0.717) is 0 Å². The summed E-state index contributed by atoms with van der Waals surface area (Å²) in [5, 5.41) is 20.9. The van der Waals surface area contributed by atoms with Crippen LogP contribution in [0.4, 0.5) is 0 Å². The van der Waals surface area contributed by atoms with E-state index in [1.54, 1.807) is 12.1 Å². The first kappa shape index (κ1) is 18.1. The van der Waals surface area contributed by atoms with E-state index in [2.05, 4.69) is 53.4 Å². The highest BCUT2D eigenvalue weighted by Crippen LogP contribution is 2.41. The zero-order valence-corrected chi connectivity index (χ0v) is 15.6. The predicted octanol–water partition coefficient (Wildman–Crippen LogP) is 4.94. The van der Waals surface area contributed by atoms with Crippen molar-refractivity contribution in [3.05, 3.63) is 101 Å². The number of likely N-dealkylation sites (tertiary alicyclic amines) is 1. The molecule has 1 heterocycles. The lowest BCUT2D eigenvalue weighted by Gasteiger charge is -2.48. The number of aliphatic hydroxyl groups is 1. The van der Waals surface area contributed by atoms with Crippen LogP contribution >= 0.6 is 11.6 Å². The number of hydrogen-bond acceptors (Lipinski definition) is 3. The fraction of sp³-hybridized carbons (Fsp3) is 0.217. The van der Waals surface area contributed by atoms with Crippen molar-refractivity contribution < 1.29 is 10.2 Å². The molecule has 0 radical (unpaired) electrons. The largest absolute Gasteiger partial charge is 0.506 e. The monoisotopic (exact) mass is 379 g/mol. The molecule has 3 aromatic rings. The SMILES string of the molecule is Oc1ccc(C(O)C2CCN2C(c2ccccc2)c2ccccc2)cc1Cl. The minimum atomic E-state index is -0.660. The number of rotatable bonds is 5. The zero-order chi connectivity index (χ0) is 18.8. The summed E-state index contributed by atoms with van der Waals surface area (Å²) in [7, 11) is 0. The molecule has 1 saturated heterocycles. The van der Waals surface area contributed by atoms with Gasteiger partial charge in [-0.15, -0.1) is 0 Å². The number of aliphatic hydroxyl groups excluding tert-OH is 1. The van der Waals surface area contributed by atoms with Gasteiger partial charge >= 0.3 is 0 Å². The number of halogens is 1. The van der Waals surface area contributed by atoms with Crippen molar-refractivity contribution in [1.82, 2.24) is 4.90 Å². The topological polar surface area (TPSA) is 43.7 Å². The van der Waals surface area contributed by atoms with Crippen LogP contribution in [0, 0.1) is 0 Å². The van der Waals surface area contributed by atoms with Crippen LogP contribution < -0.4 is 0 Å².